The van der Waals surface area contributed by atoms with Gasteiger partial charge in [-0.05, 0) is 66.6 Å². The molecule has 0 bridgehead atoms. The molecule has 2 rings (SSSR count). The fourth-order valence-corrected chi connectivity index (χ4v) is 4.21. The van der Waals surface area contributed by atoms with Crippen molar-refractivity contribution in [1.82, 2.24) is 10.2 Å². The van der Waals surface area contributed by atoms with Crippen LogP contribution >= 0.6 is 0 Å². The van der Waals surface area contributed by atoms with E-state index in [-0.39, 0.29) is 0 Å². The molecular weight excluding hydrogens is 260 g/mol. The van der Waals surface area contributed by atoms with Gasteiger partial charge in [0.1, 0.15) is 0 Å². The lowest BCUT2D eigenvalue weighted by molar-refractivity contribution is -0.149. The van der Waals surface area contributed by atoms with Crippen molar-refractivity contribution in [3.8, 4) is 0 Å². The Labute approximate surface area is 131 Å². The van der Waals surface area contributed by atoms with Crippen LogP contribution in [-0.4, -0.2) is 49.8 Å². The van der Waals surface area contributed by atoms with Crippen LogP contribution in [-0.2, 0) is 4.74 Å². The Hall–Kier alpha value is -0.120. The van der Waals surface area contributed by atoms with Crippen LogP contribution in [0.5, 0.6) is 0 Å². The zero-order chi connectivity index (χ0) is 15.3. The van der Waals surface area contributed by atoms with Gasteiger partial charge < -0.3 is 15.0 Å². The van der Waals surface area contributed by atoms with Gasteiger partial charge in [-0.3, -0.25) is 0 Å². The standard InChI is InChI=1S/C18H36N2O/c1-5-21-17-14-16(18(17)10-7-6-8-11-18)19-12-9-13-20(4)15(2)3/h15-17,19H,5-14H2,1-4H3. The lowest BCUT2D eigenvalue weighted by Crippen LogP contribution is -2.64. The summed E-state index contributed by atoms with van der Waals surface area (Å²) in [5, 5.41) is 3.86. The van der Waals surface area contributed by atoms with Crippen LogP contribution in [0.4, 0.5) is 0 Å². The monoisotopic (exact) mass is 296 g/mol. The molecule has 0 amide bonds. The average molecular weight is 296 g/mol. The molecule has 0 radical (unpaired) electrons. The molecule has 2 aliphatic carbocycles. The summed E-state index contributed by atoms with van der Waals surface area (Å²) >= 11 is 0. The molecule has 2 aliphatic rings. The summed E-state index contributed by atoms with van der Waals surface area (Å²) in [7, 11) is 2.22. The molecule has 0 saturated heterocycles. The van der Waals surface area contributed by atoms with Gasteiger partial charge in [0, 0.05) is 24.1 Å². The minimum Gasteiger partial charge on any atom is -0.378 e. The molecule has 3 heteroatoms. The van der Waals surface area contributed by atoms with Crippen molar-refractivity contribution in [2.24, 2.45) is 5.41 Å². The molecule has 2 saturated carbocycles. The van der Waals surface area contributed by atoms with Gasteiger partial charge in [0.2, 0.25) is 0 Å². The van der Waals surface area contributed by atoms with E-state index in [9.17, 15) is 0 Å². The third kappa shape index (κ3) is 4.00. The molecule has 0 aromatic rings. The topological polar surface area (TPSA) is 24.5 Å². The Morgan fingerprint density at radius 2 is 1.95 bits per heavy atom. The molecule has 21 heavy (non-hydrogen) atoms. The highest BCUT2D eigenvalue weighted by Gasteiger charge is 2.55. The van der Waals surface area contributed by atoms with E-state index in [1.807, 2.05) is 0 Å². The smallest absolute Gasteiger partial charge is 0.0661 e. The average Bonchev–Trinajstić information content (AvgIpc) is 2.49. The predicted molar refractivity (Wildman–Crippen MR) is 89.7 cm³/mol. The molecule has 0 aromatic carbocycles. The van der Waals surface area contributed by atoms with Crippen molar-refractivity contribution in [2.45, 2.75) is 83.9 Å². The van der Waals surface area contributed by atoms with Gasteiger partial charge in [-0.2, -0.15) is 0 Å². The predicted octanol–water partition coefficient (Wildman–Crippen LogP) is 3.43. The van der Waals surface area contributed by atoms with Crippen LogP contribution < -0.4 is 5.32 Å². The number of ether oxygens (including phenoxy) is 1. The summed E-state index contributed by atoms with van der Waals surface area (Å²) in [4.78, 5) is 2.43. The Kier molecular flexibility index (Phi) is 6.51. The van der Waals surface area contributed by atoms with Crippen molar-refractivity contribution in [3.63, 3.8) is 0 Å². The van der Waals surface area contributed by atoms with E-state index in [0.717, 1.165) is 13.2 Å². The minimum atomic E-state index is 0.470. The van der Waals surface area contributed by atoms with Crippen LogP contribution in [0.25, 0.3) is 0 Å². The highest BCUT2D eigenvalue weighted by Crippen LogP contribution is 2.53. The fraction of sp³-hybridized carbons (Fsp3) is 1.00. The maximum atomic E-state index is 6.03. The van der Waals surface area contributed by atoms with Crippen LogP contribution in [0.2, 0.25) is 0 Å². The lowest BCUT2D eigenvalue weighted by atomic mass is 9.55. The normalized spacial score (nSPS) is 28.3. The molecule has 2 atom stereocenters. The Balaban J connectivity index is 1.75. The van der Waals surface area contributed by atoms with E-state index < -0.39 is 0 Å². The number of rotatable bonds is 8. The quantitative estimate of drug-likeness (QED) is 0.695. The molecule has 3 nitrogen and oxygen atoms in total. The molecule has 2 unspecified atom stereocenters. The van der Waals surface area contributed by atoms with Crippen molar-refractivity contribution < 1.29 is 4.74 Å². The van der Waals surface area contributed by atoms with E-state index in [1.54, 1.807) is 0 Å². The summed E-state index contributed by atoms with van der Waals surface area (Å²) in [6.45, 7) is 9.89. The zero-order valence-corrected chi connectivity index (χ0v) is 14.7. The molecular formula is C18H36N2O. The van der Waals surface area contributed by atoms with E-state index in [4.69, 9.17) is 4.74 Å². The molecule has 0 aromatic heterocycles. The SMILES string of the molecule is CCOC1CC(NCCCN(C)C(C)C)C12CCCCC2. The van der Waals surface area contributed by atoms with Crippen LogP contribution in [0.15, 0.2) is 0 Å². The van der Waals surface area contributed by atoms with Crippen molar-refractivity contribution in [1.29, 1.82) is 0 Å². The zero-order valence-electron chi connectivity index (χ0n) is 14.7. The number of nitrogens with one attached hydrogen (secondary N) is 1. The summed E-state index contributed by atoms with van der Waals surface area (Å²) in [6, 6.07) is 1.36. The van der Waals surface area contributed by atoms with Crippen LogP contribution in [0, 0.1) is 5.41 Å². The maximum Gasteiger partial charge on any atom is 0.0661 e. The second-order valence-corrected chi connectivity index (χ2v) is 7.41. The van der Waals surface area contributed by atoms with Gasteiger partial charge in [-0.25, -0.2) is 0 Å². The van der Waals surface area contributed by atoms with Crippen LogP contribution in [0.1, 0.15) is 65.7 Å². The van der Waals surface area contributed by atoms with Gasteiger partial charge >= 0.3 is 0 Å². The van der Waals surface area contributed by atoms with Crippen molar-refractivity contribution in [3.05, 3.63) is 0 Å². The van der Waals surface area contributed by atoms with Gasteiger partial charge in [-0.1, -0.05) is 19.3 Å². The minimum absolute atomic E-state index is 0.470. The second kappa shape index (κ2) is 7.94. The van der Waals surface area contributed by atoms with E-state index in [2.05, 4.69) is 38.0 Å². The lowest BCUT2D eigenvalue weighted by Gasteiger charge is -2.58. The van der Waals surface area contributed by atoms with Gasteiger partial charge in [0.25, 0.3) is 0 Å². The molecule has 0 aliphatic heterocycles. The Morgan fingerprint density at radius 1 is 1.24 bits per heavy atom. The fourth-order valence-electron chi connectivity index (χ4n) is 4.21. The number of hydrogen-bond acceptors (Lipinski definition) is 3. The van der Waals surface area contributed by atoms with Crippen molar-refractivity contribution >= 4 is 0 Å². The van der Waals surface area contributed by atoms with E-state index in [1.165, 1.54) is 51.5 Å². The van der Waals surface area contributed by atoms with Crippen molar-refractivity contribution in [2.75, 3.05) is 26.7 Å². The maximum absolute atomic E-state index is 6.03. The third-order valence-corrected chi connectivity index (χ3v) is 5.90. The molecule has 1 N–H and O–H groups in total. The molecule has 124 valence electrons. The van der Waals surface area contributed by atoms with E-state index >= 15 is 0 Å². The largest absolute Gasteiger partial charge is 0.378 e. The summed E-state index contributed by atoms with van der Waals surface area (Å²) in [5.41, 5.74) is 0.470. The summed E-state index contributed by atoms with van der Waals surface area (Å²) in [5.74, 6) is 0. The van der Waals surface area contributed by atoms with Gasteiger partial charge in [0.05, 0.1) is 6.10 Å². The van der Waals surface area contributed by atoms with Gasteiger partial charge in [0.15, 0.2) is 0 Å². The Morgan fingerprint density at radius 3 is 2.57 bits per heavy atom. The first-order chi connectivity index (χ1) is 10.1. The van der Waals surface area contributed by atoms with E-state index in [0.29, 0.717) is 23.6 Å². The second-order valence-electron chi connectivity index (χ2n) is 7.41. The van der Waals surface area contributed by atoms with Gasteiger partial charge in [-0.15, -0.1) is 0 Å². The highest BCUT2D eigenvalue weighted by atomic mass is 16.5. The summed E-state index contributed by atoms with van der Waals surface area (Å²) < 4.78 is 6.03. The third-order valence-electron chi connectivity index (χ3n) is 5.90. The first-order valence-electron chi connectivity index (χ1n) is 9.15. The molecule has 2 fully saturated rings. The Bertz CT molecular complexity index is 300. The summed E-state index contributed by atoms with van der Waals surface area (Å²) in [6.07, 6.45) is 9.98. The van der Waals surface area contributed by atoms with Crippen LogP contribution in [0.3, 0.4) is 0 Å². The first kappa shape index (κ1) is 17.2. The number of hydrogen-bond donors (Lipinski definition) is 1. The first-order valence-corrected chi connectivity index (χ1v) is 9.15. The molecule has 0 heterocycles. The highest BCUT2D eigenvalue weighted by molar-refractivity contribution is 5.08. The number of nitrogens with zero attached hydrogens (tertiary/aromatic N) is 1. The molecule has 1 spiro atoms.